The van der Waals surface area contributed by atoms with Gasteiger partial charge >= 0.3 is 0 Å². The maximum absolute atomic E-state index is 13.2. The molecule has 2 aromatic carbocycles. The van der Waals surface area contributed by atoms with E-state index < -0.39 is 0 Å². The molecule has 1 aliphatic heterocycles. The summed E-state index contributed by atoms with van der Waals surface area (Å²) in [7, 11) is 0. The van der Waals surface area contributed by atoms with Crippen LogP contribution < -0.4 is 0 Å². The third kappa shape index (κ3) is 3.82. The first kappa shape index (κ1) is 19.9. The van der Waals surface area contributed by atoms with Crippen molar-refractivity contribution in [1.82, 2.24) is 25.2 Å². The Kier molecular flexibility index (Phi) is 5.10. The summed E-state index contributed by atoms with van der Waals surface area (Å²) in [5.74, 6) is 0.947. The van der Waals surface area contributed by atoms with Crippen molar-refractivity contribution in [2.45, 2.75) is 32.9 Å². The smallest absolute Gasteiger partial charge is 0.267 e. The highest BCUT2D eigenvalue weighted by Crippen LogP contribution is 2.33. The number of carbonyl (C=O) groups excluding carboxylic acids is 1. The minimum Gasteiger partial charge on any atom is -0.467 e. The Morgan fingerprint density at radius 3 is 2.62 bits per heavy atom. The highest BCUT2D eigenvalue weighted by molar-refractivity contribution is 6.03. The first-order valence-corrected chi connectivity index (χ1v) is 10.4. The summed E-state index contributed by atoms with van der Waals surface area (Å²) in [6.07, 6.45) is 2.18. The second-order valence-electron chi connectivity index (χ2n) is 7.84. The van der Waals surface area contributed by atoms with Gasteiger partial charge in [-0.25, -0.2) is 5.01 Å². The molecule has 0 spiro atoms. The Hall–Kier alpha value is -4.07. The van der Waals surface area contributed by atoms with Crippen molar-refractivity contribution in [2.75, 3.05) is 0 Å². The number of aryl methyl sites for hydroxylation is 2. The maximum atomic E-state index is 13.2. The summed E-state index contributed by atoms with van der Waals surface area (Å²) < 4.78 is 5.61. The van der Waals surface area contributed by atoms with Gasteiger partial charge in [-0.3, -0.25) is 4.79 Å². The van der Waals surface area contributed by atoms with Crippen LogP contribution in [0.4, 0.5) is 0 Å². The summed E-state index contributed by atoms with van der Waals surface area (Å²) in [4.78, 5) is 14.5. The Bertz CT molecular complexity index is 1270. The van der Waals surface area contributed by atoms with Crippen molar-refractivity contribution in [3.8, 4) is 11.4 Å². The first-order valence-electron chi connectivity index (χ1n) is 10.4. The second-order valence-corrected chi connectivity index (χ2v) is 7.84. The molecule has 1 atom stereocenters. The largest absolute Gasteiger partial charge is 0.467 e. The number of hydrogen-bond acceptors (Lipinski definition) is 6. The number of carbonyl (C=O) groups is 1. The number of amides is 1. The molecule has 0 N–H and O–H groups in total. The SMILES string of the molecule is Cc1ccc(C2=NN(C(=O)Cn3nnc(-c4ccccc4C)n3)C(c3ccco3)C2)cc1. The number of rotatable bonds is 5. The first-order chi connectivity index (χ1) is 15.6. The zero-order valence-electron chi connectivity index (χ0n) is 17.8. The minimum atomic E-state index is -0.312. The van der Waals surface area contributed by atoms with Gasteiger partial charge in [0.2, 0.25) is 5.82 Å². The normalized spacial score (nSPS) is 15.8. The number of tetrazole rings is 1. The molecule has 8 heteroatoms. The summed E-state index contributed by atoms with van der Waals surface area (Å²) in [5.41, 5.74) is 4.93. The van der Waals surface area contributed by atoms with Crippen LogP contribution in [0.5, 0.6) is 0 Å². The van der Waals surface area contributed by atoms with Crippen LogP contribution in [0.1, 0.15) is 34.9 Å². The molecular weight excluding hydrogens is 404 g/mol. The Morgan fingerprint density at radius 1 is 1.06 bits per heavy atom. The predicted octanol–water partition coefficient (Wildman–Crippen LogP) is 3.93. The molecule has 32 heavy (non-hydrogen) atoms. The van der Waals surface area contributed by atoms with Gasteiger partial charge in [-0.1, -0.05) is 54.1 Å². The van der Waals surface area contributed by atoms with Crippen LogP contribution in [0.25, 0.3) is 11.4 Å². The topological polar surface area (TPSA) is 89.4 Å². The van der Waals surface area contributed by atoms with E-state index in [1.54, 1.807) is 6.26 Å². The molecule has 0 radical (unpaired) electrons. The molecule has 3 heterocycles. The molecule has 5 rings (SSSR count). The number of hydrazone groups is 1. The number of benzene rings is 2. The number of furan rings is 1. The van der Waals surface area contributed by atoms with E-state index in [0.29, 0.717) is 18.0 Å². The fourth-order valence-corrected chi connectivity index (χ4v) is 3.80. The maximum Gasteiger partial charge on any atom is 0.267 e. The van der Waals surface area contributed by atoms with Gasteiger partial charge < -0.3 is 4.42 Å². The van der Waals surface area contributed by atoms with Gasteiger partial charge in [0.05, 0.1) is 12.0 Å². The molecule has 0 saturated carbocycles. The zero-order valence-corrected chi connectivity index (χ0v) is 17.8. The van der Waals surface area contributed by atoms with Gasteiger partial charge in [0.15, 0.2) is 0 Å². The van der Waals surface area contributed by atoms with Gasteiger partial charge in [0, 0.05) is 12.0 Å². The van der Waals surface area contributed by atoms with Crippen LogP contribution >= 0.6 is 0 Å². The molecule has 1 unspecified atom stereocenters. The van der Waals surface area contributed by atoms with Crippen molar-refractivity contribution < 1.29 is 9.21 Å². The number of hydrogen-bond donors (Lipinski definition) is 0. The second kappa shape index (κ2) is 8.22. The van der Waals surface area contributed by atoms with Crippen molar-refractivity contribution >= 4 is 11.6 Å². The molecule has 1 amide bonds. The Morgan fingerprint density at radius 2 is 1.88 bits per heavy atom. The Balaban J connectivity index is 1.40. The lowest BCUT2D eigenvalue weighted by atomic mass is 10.0. The van der Waals surface area contributed by atoms with Gasteiger partial charge in [0.1, 0.15) is 18.3 Å². The molecule has 160 valence electrons. The van der Waals surface area contributed by atoms with Crippen LogP contribution in [0.3, 0.4) is 0 Å². The third-order valence-corrected chi connectivity index (χ3v) is 5.54. The summed E-state index contributed by atoms with van der Waals surface area (Å²) >= 11 is 0. The van der Waals surface area contributed by atoms with Crippen LogP contribution in [-0.4, -0.2) is 36.8 Å². The van der Waals surface area contributed by atoms with E-state index >= 15 is 0 Å². The van der Waals surface area contributed by atoms with E-state index in [-0.39, 0.29) is 18.5 Å². The lowest BCUT2D eigenvalue weighted by Crippen LogP contribution is -2.31. The quantitative estimate of drug-likeness (QED) is 0.482. The van der Waals surface area contributed by atoms with E-state index in [9.17, 15) is 4.79 Å². The minimum absolute atomic E-state index is 0.0687. The predicted molar refractivity (Wildman–Crippen MR) is 119 cm³/mol. The molecule has 0 saturated heterocycles. The summed E-state index contributed by atoms with van der Waals surface area (Å²) in [5, 5.41) is 18.7. The molecule has 4 aromatic rings. The fourth-order valence-electron chi connectivity index (χ4n) is 3.80. The Labute approximate surface area is 185 Å². The lowest BCUT2D eigenvalue weighted by Gasteiger charge is -2.19. The average molecular weight is 426 g/mol. The molecule has 1 aliphatic rings. The molecule has 2 aromatic heterocycles. The van der Waals surface area contributed by atoms with Gasteiger partial charge in [-0.15, -0.1) is 10.2 Å². The highest BCUT2D eigenvalue weighted by Gasteiger charge is 2.35. The standard InChI is InChI=1S/C24H22N6O2/c1-16-9-11-18(12-10-16)20-14-21(22-8-5-13-32-22)30(26-20)23(31)15-29-27-24(25-28-29)19-7-4-3-6-17(19)2/h3-13,21H,14-15H2,1-2H3. The number of nitrogens with zero attached hydrogens (tertiary/aromatic N) is 6. The van der Waals surface area contributed by atoms with Crippen molar-refractivity contribution in [1.29, 1.82) is 0 Å². The fraction of sp³-hybridized carbons (Fsp3) is 0.208. The highest BCUT2D eigenvalue weighted by atomic mass is 16.3. The van der Waals surface area contributed by atoms with E-state index in [2.05, 4.69) is 20.5 Å². The zero-order chi connectivity index (χ0) is 22.1. The lowest BCUT2D eigenvalue weighted by molar-refractivity contribution is -0.134. The van der Waals surface area contributed by atoms with Crippen LogP contribution in [0, 0.1) is 13.8 Å². The number of aromatic nitrogens is 4. The van der Waals surface area contributed by atoms with Crippen molar-refractivity contribution in [3.05, 3.63) is 89.4 Å². The van der Waals surface area contributed by atoms with E-state index in [1.165, 1.54) is 15.4 Å². The molecular formula is C24H22N6O2. The monoisotopic (exact) mass is 426 g/mol. The van der Waals surface area contributed by atoms with Gasteiger partial charge in [0.25, 0.3) is 5.91 Å². The molecule has 0 fully saturated rings. The third-order valence-electron chi connectivity index (χ3n) is 5.54. The van der Waals surface area contributed by atoms with Crippen LogP contribution in [-0.2, 0) is 11.3 Å². The summed E-state index contributed by atoms with van der Waals surface area (Å²) in [6, 6.07) is 19.3. The van der Waals surface area contributed by atoms with E-state index in [4.69, 9.17) is 4.42 Å². The van der Waals surface area contributed by atoms with Crippen LogP contribution in [0.2, 0.25) is 0 Å². The average Bonchev–Trinajstić information content (AvgIpc) is 3.55. The van der Waals surface area contributed by atoms with Crippen LogP contribution in [0.15, 0.2) is 76.4 Å². The van der Waals surface area contributed by atoms with Crippen molar-refractivity contribution in [2.24, 2.45) is 5.10 Å². The van der Waals surface area contributed by atoms with Crippen molar-refractivity contribution in [3.63, 3.8) is 0 Å². The van der Waals surface area contributed by atoms with Gasteiger partial charge in [-0.05, 0) is 42.3 Å². The van der Waals surface area contributed by atoms with Gasteiger partial charge in [-0.2, -0.15) is 9.90 Å². The van der Waals surface area contributed by atoms with E-state index in [0.717, 1.165) is 22.4 Å². The van der Waals surface area contributed by atoms with E-state index in [1.807, 2.05) is 74.5 Å². The molecule has 0 bridgehead atoms. The molecule has 0 aliphatic carbocycles. The summed E-state index contributed by atoms with van der Waals surface area (Å²) in [6.45, 7) is 3.96. The molecule has 8 nitrogen and oxygen atoms in total.